The zero-order chi connectivity index (χ0) is 9.10. The highest BCUT2D eigenvalue weighted by Gasteiger charge is 2.09. The monoisotopic (exact) mass is 175 g/mol. The van der Waals surface area contributed by atoms with E-state index in [0.29, 0.717) is 6.54 Å². The van der Waals surface area contributed by atoms with E-state index in [1.807, 2.05) is 12.1 Å². The van der Waals surface area contributed by atoms with Crippen molar-refractivity contribution in [3.8, 4) is 0 Å². The Hall–Kier alpha value is -1.12. The summed E-state index contributed by atoms with van der Waals surface area (Å²) in [5.74, 6) is 0. The van der Waals surface area contributed by atoms with Gasteiger partial charge in [0, 0.05) is 6.54 Å². The van der Waals surface area contributed by atoms with Gasteiger partial charge in [-0.3, -0.25) is 0 Å². The van der Waals surface area contributed by atoms with Crippen LogP contribution in [0.5, 0.6) is 0 Å². The van der Waals surface area contributed by atoms with Crippen molar-refractivity contribution in [2.75, 3.05) is 13.2 Å². The number of nitrogens with two attached hydrogens (primary N) is 1. The first-order chi connectivity index (χ1) is 6.42. The van der Waals surface area contributed by atoms with Crippen LogP contribution in [0.2, 0.25) is 0 Å². The summed E-state index contributed by atoms with van der Waals surface area (Å²) in [6, 6.07) is 8.22. The highest BCUT2D eigenvalue weighted by Crippen LogP contribution is 2.22. The molecule has 0 aromatic heterocycles. The van der Waals surface area contributed by atoms with Gasteiger partial charge in [0.05, 0.1) is 13.2 Å². The third kappa shape index (κ3) is 1.64. The lowest BCUT2D eigenvalue weighted by atomic mass is 10.0. The van der Waals surface area contributed by atoms with Gasteiger partial charge in [0.15, 0.2) is 0 Å². The molecule has 1 aliphatic heterocycles. The van der Waals surface area contributed by atoms with Gasteiger partial charge < -0.3 is 10.5 Å². The molecule has 0 bridgehead atoms. The summed E-state index contributed by atoms with van der Waals surface area (Å²) in [5.41, 5.74) is 9.35. The molecule has 0 saturated carbocycles. The molecule has 0 atom stereocenters. The molecule has 2 nitrogen and oxygen atoms in total. The van der Waals surface area contributed by atoms with Crippen molar-refractivity contribution in [2.24, 2.45) is 5.73 Å². The molecule has 2 heteroatoms. The van der Waals surface area contributed by atoms with Gasteiger partial charge in [0.1, 0.15) is 0 Å². The van der Waals surface area contributed by atoms with Crippen LogP contribution < -0.4 is 5.73 Å². The summed E-state index contributed by atoms with van der Waals surface area (Å²) < 4.78 is 5.28. The van der Waals surface area contributed by atoms with E-state index >= 15 is 0 Å². The molecular weight excluding hydrogens is 162 g/mol. The Bertz CT molecular complexity index is 331. The van der Waals surface area contributed by atoms with Crippen LogP contribution in [0.4, 0.5) is 0 Å². The molecule has 0 radical (unpaired) electrons. The molecule has 13 heavy (non-hydrogen) atoms. The zero-order valence-electron chi connectivity index (χ0n) is 7.49. The first-order valence-corrected chi connectivity index (χ1v) is 4.47. The first kappa shape index (κ1) is 8.48. The van der Waals surface area contributed by atoms with Gasteiger partial charge in [-0.25, -0.2) is 0 Å². The van der Waals surface area contributed by atoms with Crippen LogP contribution >= 0.6 is 0 Å². The summed E-state index contributed by atoms with van der Waals surface area (Å²) in [4.78, 5) is 0. The lowest BCUT2D eigenvalue weighted by Crippen LogP contribution is -2.01. The van der Waals surface area contributed by atoms with Gasteiger partial charge in [-0.2, -0.15) is 0 Å². The van der Waals surface area contributed by atoms with E-state index < -0.39 is 0 Å². The van der Waals surface area contributed by atoms with Crippen molar-refractivity contribution in [2.45, 2.75) is 6.54 Å². The Morgan fingerprint density at radius 1 is 1.31 bits per heavy atom. The van der Waals surface area contributed by atoms with Crippen LogP contribution in [0.1, 0.15) is 11.1 Å². The van der Waals surface area contributed by atoms with Gasteiger partial charge in [-0.05, 0) is 16.7 Å². The van der Waals surface area contributed by atoms with Gasteiger partial charge in [-0.1, -0.05) is 30.3 Å². The van der Waals surface area contributed by atoms with E-state index in [9.17, 15) is 0 Å². The van der Waals surface area contributed by atoms with Crippen molar-refractivity contribution in [1.82, 2.24) is 0 Å². The summed E-state index contributed by atoms with van der Waals surface area (Å²) >= 11 is 0. The lowest BCUT2D eigenvalue weighted by Gasteiger charge is -2.07. The molecule has 0 spiro atoms. The van der Waals surface area contributed by atoms with Crippen LogP contribution in [0.15, 0.2) is 30.3 Å². The SMILES string of the molecule is NCc1ccccc1C1=CCOC1. The summed E-state index contributed by atoms with van der Waals surface area (Å²) in [6.45, 7) is 2.04. The molecule has 1 aliphatic rings. The third-order valence-corrected chi connectivity index (χ3v) is 2.29. The van der Waals surface area contributed by atoms with Crippen LogP contribution in [0.3, 0.4) is 0 Å². The maximum atomic E-state index is 5.65. The molecule has 68 valence electrons. The number of hydrogen-bond donors (Lipinski definition) is 1. The minimum absolute atomic E-state index is 0.591. The summed E-state index contributed by atoms with van der Waals surface area (Å²) in [6.07, 6.45) is 2.12. The van der Waals surface area contributed by atoms with Crippen molar-refractivity contribution in [1.29, 1.82) is 0 Å². The fourth-order valence-corrected chi connectivity index (χ4v) is 1.59. The second-order valence-corrected chi connectivity index (χ2v) is 3.11. The highest BCUT2D eigenvalue weighted by atomic mass is 16.5. The Balaban J connectivity index is 2.38. The van der Waals surface area contributed by atoms with E-state index in [-0.39, 0.29) is 0 Å². The standard InChI is InChI=1S/C11H13NO/c12-7-9-3-1-2-4-11(9)10-5-6-13-8-10/h1-5H,6-8,12H2. The molecule has 0 aliphatic carbocycles. The summed E-state index contributed by atoms with van der Waals surface area (Å²) in [7, 11) is 0. The van der Waals surface area contributed by atoms with Gasteiger partial charge in [-0.15, -0.1) is 0 Å². The quantitative estimate of drug-likeness (QED) is 0.740. The molecule has 0 unspecified atom stereocenters. The second kappa shape index (κ2) is 3.73. The van der Waals surface area contributed by atoms with E-state index in [4.69, 9.17) is 10.5 Å². The number of ether oxygens (including phenoxy) is 1. The molecular formula is C11H13NO. The Morgan fingerprint density at radius 3 is 2.85 bits per heavy atom. The maximum absolute atomic E-state index is 5.65. The Morgan fingerprint density at radius 2 is 2.15 bits per heavy atom. The topological polar surface area (TPSA) is 35.2 Å². The Kier molecular flexibility index (Phi) is 2.43. The minimum atomic E-state index is 0.591. The molecule has 0 fully saturated rings. The zero-order valence-corrected chi connectivity index (χ0v) is 7.49. The normalized spacial score (nSPS) is 15.9. The Labute approximate surface area is 78.0 Å². The number of rotatable bonds is 2. The number of hydrogen-bond acceptors (Lipinski definition) is 2. The first-order valence-electron chi connectivity index (χ1n) is 4.47. The van der Waals surface area contributed by atoms with Gasteiger partial charge >= 0.3 is 0 Å². The van der Waals surface area contributed by atoms with E-state index in [1.165, 1.54) is 16.7 Å². The van der Waals surface area contributed by atoms with E-state index in [0.717, 1.165) is 13.2 Å². The predicted octanol–water partition coefficient (Wildman–Crippen LogP) is 1.56. The molecule has 2 N–H and O–H groups in total. The molecule has 0 saturated heterocycles. The molecule has 1 aromatic rings. The maximum Gasteiger partial charge on any atom is 0.0724 e. The van der Waals surface area contributed by atoms with Crippen LogP contribution in [-0.4, -0.2) is 13.2 Å². The molecule has 1 aromatic carbocycles. The van der Waals surface area contributed by atoms with E-state index in [1.54, 1.807) is 0 Å². The summed E-state index contributed by atoms with van der Waals surface area (Å²) in [5, 5.41) is 0. The molecule has 2 rings (SSSR count). The van der Waals surface area contributed by atoms with Crippen molar-refractivity contribution in [3.63, 3.8) is 0 Å². The molecule has 1 heterocycles. The number of benzene rings is 1. The minimum Gasteiger partial charge on any atom is -0.373 e. The smallest absolute Gasteiger partial charge is 0.0724 e. The highest BCUT2D eigenvalue weighted by molar-refractivity contribution is 5.70. The van der Waals surface area contributed by atoms with Gasteiger partial charge in [0.2, 0.25) is 0 Å². The third-order valence-electron chi connectivity index (χ3n) is 2.29. The van der Waals surface area contributed by atoms with Crippen LogP contribution in [0, 0.1) is 0 Å². The fourth-order valence-electron chi connectivity index (χ4n) is 1.59. The van der Waals surface area contributed by atoms with Crippen LogP contribution in [0.25, 0.3) is 5.57 Å². The van der Waals surface area contributed by atoms with Crippen molar-refractivity contribution in [3.05, 3.63) is 41.5 Å². The van der Waals surface area contributed by atoms with Gasteiger partial charge in [0.25, 0.3) is 0 Å². The predicted molar refractivity (Wildman–Crippen MR) is 53.1 cm³/mol. The fraction of sp³-hybridized carbons (Fsp3) is 0.273. The average molecular weight is 175 g/mol. The van der Waals surface area contributed by atoms with Crippen LogP contribution in [-0.2, 0) is 11.3 Å². The van der Waals surface area contributed by atoms with Crippen molar-refractivity contribution < 1.29 is 4.74 Å². The van der Waals surface area contributed by atoms with Crippen molar-refractivity contribution >= 4 is 5.57 Å². The van der Waals surface area contributed by atoms with E-state index in [2.05, 4.69) is 18.2 Å². The lowest BCUT2D eigenvalue weighted by molar-refractivity contribution is 0.216. The average Bonchev–Trinajstić information content (AvgIpc) is 2.70. The second-order valence-electron chi connectivity index (χ2n) is 3.11. The molecule has 0 amide bonds. The largest absolute Gasteiger partial charge is 0.373 e.